The van der Waals surface area contributed by atoms with Gasteiger partial charge in [-0.3, -0.25) is 4.79 Å². The minimum atomic E-state index is -1.07. The Bertz CT molecular complexity index is 1370. The van der Waals surface area contributed by atoms with E-state index in [0.717, 1.165) is 46.8 Å². The Labute approximate surface area is 194 Å². The standard InChI is InChI=1S/C24H21F2N7O/c1-14(34)32-11-3-6-20(32)16-9-7-15(8-10-16)17-12-18(23(27)28-13-17)24-29-30-31-33(24)21-5-2-4-19(25)22(21)26/h2,4-5,7-10,12-13,20H,3,6,11H2,1H3,(H2,27,28)/t20-/m0/s1. The van der Waals surface area contributed by atoms with E-state index < -0.39 is 11.6 Å². The number of hydrogen-bond acceptors (Lipinski definition) is 6. The van der Waals surface area contributed by atoms with Crippen LogP contribution in [0.3, 0.4) is 0 Å². The summed E-state index contributed by atoms with van der Waals surface area (Å²) in [5, 5.41) is 11.4. The predicted molar refractivity (Wildman–Crippen MR) is 122 cm³/mol. The van der Waals surface area contributed by atoms with Gasteiger partial charge in [0, 0.05) is 25.2 Å². The highest BCUT2D eigenvalue weighted by atomic mass is 19.2. The molecule has 1 aliphatic rings. The molecule has 1 atom stereocenters. The number of aromatic nitrogens is 5. The molecule has 2 N–H and O–H groups in total. The number of halogens is 2. The quantitative estimate of drug-likeness (QED) is 0.494. The van der Waals surface area contributed by atoms with Gasteiger partial charge < -0.3 is 10.6 Å². The SMILES string of the molecule is CC(=O)N1CCC[C@H]1c1ccc(-c2cnc(N)c(-c3nnnn3-c3cccc(F)c3F)c2)cc1. The van der Waals surface area contributed by atoms with Gasteiger partial charge in [0.1, 0.15) is 11.5 Å². The molecule has 0 radical (unpaired) electrons. The molecule has 0 aliphatic carbocycles. The molecule has 34 heavy (non-hydrogen) atoms. The highest BCUT2D eigenvalue weighted by Gasteiger charge is 2.27. The maximum Gasteiger partial charge on any atom is 0.219 e. The number of carbonyl (C=O) groups excluding carboxylic acids is 1. The second kappa shape index (κ2) is 8.62. The summed E-state index contributed by atoms with van der Waals surface area (Å²) < 4.78 is 29.2. The van der Waals surface area contributed by atoms with Crippen molar-refractivity contribution in [2.24, 2.45) is 0 Å². The summed E-state index contributed by atoms with van der Waals surface area (Å²) in [6.45, 7) is 2.37. The first-order chi connectivity index (χ1) is 16.4. The van der Waals surface area contributed by atoms with E-state index in [2.05, 4.69) is 20.5 Å². The van der Waals surface area contributed by atoms with Crippen molar-refractivity contribution in [1.29, 1.82) is 0 Å². The lowest BCUT2D eigenvalue weighted by molar-refractivity contribution is -0.129. The molecule has 0 bridgehead atoms. The number of carbonyl (C=O) groups is 1. The lowest BCUT2D eigenvalue weighted by Crippen LogP contribution is -2.27. The largest absolute Gasteiger partial charge is 0.383 e. The number of nitrogen functional groups attached to an aromatic ring is 1. The first-order valence-corrected chi connectivity index (χ1v) is 10.8. The van der Waals surface area contributed by atoms with Crippen molar-refractivity contribution >= 4 is 11.7 Å². The Morgan fingerprint density at radius 1 is 1.12 bits per heavy atom. The lowest BCUT2D eigenvalue weighted by atomic mass is 9.99. The van der Waals surface area contributed by atoms with Gasteiger partial charge in [-0.1, -0.05) is 30.3 Å². The van der Waals surface area contributed by atoms with Crippen molar-refractivity contribution in [3.8, 4) is 28.2 Å². The summed E-state index contributed by atoms with van der Waals surface area (Å²) in [5.41, 5.74) is 9.04. The molecular formula is C24H21F2N7O. The number of anilines is 1. The van der Waals surface area contributed by atoms with Crippen LogP contribution in [-0.4, -0.2) is 42.5 Å². The second-order valence-electron chi connectivity index (χ2n) is 8.14. The van der Waals surface area contributed by atoms with E-state index in [1.54, 1.807) is 19.2 Å². The van der Waals surface area contributed by atoms with Gasteiger partial charge in [-0.25, -0.2) is 13.8 Å². The zero-order valence-corrected chi connectivity index (χ0v) is 18.3. The van der Waals surface area contributed by atoms with E-state index >= 15 is 0 Å². The second-order valence-corrected chi connectivity index (χ2v) is 8.14. The van der Waals surface area contributed by atoms with Crippen LogP contribution in [0.25, 0.3) is 28.2 Å². The fourth-order valence-corrected chi connectivity index (χ4v) is 4.37. The number of tetrazole rings is 1. The normalized spacial score (nSPS) is 15.6. The number of hydrogen-bond donors (Lipinski definition) is 1. The number of nitrogens with two attached hydrogens (primary N) is 1. The molecule has 4 aromatic rings. The van der Waals surface area contributed by atoms with Crippen LogP contribution in [0.4, 0.5) is 14.6 Å². The third-order valence-corrected chi connectivity index (χ3v) is 6.07. The van der Waals surface area contributed by atoms with Gasteiger partial charge in [0.25, 0.3) is 0 Å². The minimum absolute atomic E-state index is 0.0754. The van der Waals surface area contributed by atoms with Gasteiger partial charge in [-0.2, -0.15) is 4.68 Å². The van der Waals surface area contributed by atoms with E-state index in [1.807, 2.05) is 29.2 Å². The van der Waals surface area contributed by atoms with Crippen LogP contribution >= 0.6 is 0 Å². The number of benzene rings is 2. The Morgan fingerprint density at radius 2 is 1.91 bits per heavy atom. The molecule has 1 fully saturated rings. The topological polar surface area (TPSA) is 103 Å². The zero-order valence-electron chi connectivity index (χ0n) is 18.3. The summed E-state index contributed by atoms with van der Waals surface area (Å²) in [5.74, 6) is -1.72. The Morgan fingerprint density at radius 3 is 2.68 bits per heavy atom. The zero-order chi connectivity index (χ0) is 23.8. The Balaban J connectivity index is 1.50. The average molecular weight is 461 g/mol. The van der Waals surface area contributed by atoms with Crippen molar-refractivity contribution in [1.82, 2.24) is 30.1 Å². The van der Waals surface area contributed by atoms with Crippen molar-refractivity contribution < 1.29 is 13.6 Å². The Kier molecular flexibility index (Phi) is 5.48. The molecule has 0 unspecified atom stereocenters. The molecular weight excluding hydrogens is 440 g/mol. The first kappa shape index (κ1) is 21.6. The van der Waals surface area contributed by atoms with Crippen molar-refractivity contribution in [3.05, 3.63) is 71.9 Å². The number of likely N-dealkylation sites (tertiary alicyclic amines) is 1. The van der Waals surface area contributed by atoms with Crippen LogP contribution in [0, 0.1) is 11.6 Å². The third kappa shape index (κ3) is 3.76. The van der Waals surface area contributed by atoms with Gasteiger partial charge >= 0.3 is 0 Å². The molecule has 2 aromatic heterocycles. The smallest absolute Gasteiger partial charge is 0.219 e. The van der Waals surface area contributed by atoms with Crippen LogP contribution in [-0.2, 0) is 4.79 Å². The summed E-state index contributed by atoms with van der Waals surface area (Å²) >= 11 is 0. The van der Waals surface area contributed by atoms with E-state index in [1.165, 1.54) is 12.1 Å². The number of rotatable bonds is 4. The predicted octanol–water partition coefficient (Wildman–Crippen LogP) is 3.94. The first-order valence-electron chi connectivity index (χ1n) is 10.8. The Hall–Kier alpha value is -4.21. The summed E-state index contributed by atoms with van der Waals surface area (Å²) in [4.78, 5) is 18.1. The van der Waals surface area contributed by atoms with Crippen LogP contribution in [0.2, 0.25) is 0 Å². The third-order valence-electron chi connectivity index (χ3n) is 6.07. The van der Waals surface area contributed by atoms with Gasteiger partial charge in [0.05, 0.1) is 11.6 Å². The van der Waals surface area contributed by atoms with E-state index in [9.17, 15) is 13.6 Å². The molecule has 5 rings (SSSR count). The molecule has 10 heteroatoms. The molecule has 3 heterocycles. The van der Waals surface area contributed by atoms with Gasteiger partial charge in [-0.05, 0) is 52.6 Å². The molecule has 172 valence electrons. The van der Waals surface area contributed by atoms with E-state index in [-0.39, 0.29) is 29.3 Å². The van der Waals surface area contributed by atoms with Gasteiger partial charge in [-0.15, -0.1) is 5.10 Å². The summed E-state index contributed by atoms with van der Waals surface area (Å²) in [6.07, 6.45) is 3.55. The van der Waals surface area contributed by atoms with E-state index in [0.29, 0.717) is 5.56 Å². The highest BCUT2D eigenvalue weighted by molar-refractivity contribution is 5.77. The highest BCUT2D eigenvalue weighted by Crippen LogP contribution is 2.34. The van der Waals surface area contributed by atoms with Crippen molar-refractivity contribution in [2.75, 3.05) is 12.3 Å². The monoisotopic (exact) mass is 461 g/mol. The lowest BCUT2D eigenvalue weighted by Gasteiger charge is -2.23. The van der Waals surface area contributed by atoms with Crippen molar-refractivity contribution in [2.45, 2.75) is 25.8 Å². The van der Waals surface area contributed by atoms with Crippen LogP contribution in [0.1, 0.15) is 31.4 Å². The van der Waals surface area contributed by atoms with Gasteiger partial charge in [0.2, 0.25) is 5.91 Å². The van der Waals surface area contributed by atoms with Crippen LogP contribution in [0.5, 0.6) is 0 Å². The molecule has 1 aliphatic heterocycles. The van der Waals surface area contributed by atoms with Crippen LogP contribution in [0.15, 0.2) is 54.7 Å². The number of amides is 1. The average Bonchev–Trinajstić information content (AvgIpc) is 3.52. The summed E-state index contributed by atoms with van der Waals surface area (Å²) in [7, 11) is 0. The van der Waals surface area contributed by atoms with Crippen molar-refractivity contribution in [3.63, 3.8) is 0 Å². The summed E-state index contributed by atoms with van der Waals surface area (Å²) in [6, 6.07) is 13.5. The van der Waals surface area contributed by atoms with Crippen LogP contribution < -0.4 is 5.73 Å². The fraction of sp³-hybridized carbons (Fsp3) is 0.208. The number of nitrogens with zero attached hydrogens (tertiary/aromatic N) is 6. The van der Waals surface area contributed by atoms with E-state index in [4.69, 9.17) is 5.73 Å². The fourth-order valence-electron chi connectivity index (χ4n) is 4.37. The molecule has 1 saturated heterocycles. The molecule has 0 saturated carbocycles. The molecule has 2 aromatic carbocycles. The molecule has 0 spiro atoms. The minimum Gasteiger partial charge on any atom is -0.383 e. The molecule has 8 nitrogen and oxygen atoms in total. The number of pyridine rings is 1. The maximum atomic E-state index is 14.4. The van der Waals surface area contributed by atoms with Gasteiger partial charge in [0.15, 0.2) is 17.5 Å². The maximum absolute atomic E-state index is 14.4. The molecule has 1 amide bonds.